The third-order valence-corrected chi connectivity index (χ3v) is 10.6. The molecule has 1 N–H and O–H groups in total. The molecule has 2 heterocycles. The van der Waals surface area contributed by atoms with Gasteiger partial charge in [-0.1, -0.05) is 24.3 Å². The number of carbonyl (C=O) groups is 3. The lowest BCUT2D eigenvalue weighted by atomic mass is 9.49. The first-order valence-corrected chi connectivity index (χ1v) is 15.2. The Kier molecular flexibility index (Phi) is 6.47. The molecule has 4 saturated carbocycles. The van der Waals surface area contributed by atoms with Crippen molar-refractivity contribution in [1.29, 1.82) is 0 Å². The smallest absolute Gasteiger partial charge is 0.250 e. The molecule has 1 spiro atoms. The number of para-hydroxylation sites is 1. The van der Waals surface area contributed by atoms with Crippen molar-refractivity contribution in [3.63, 3.8) is 0 Å². The highest BCUT2D eigenvalue weighted by atomic mass is 16.5. The molecule has 2 aromatic carbocycles. The van der Waals surface area contributed by atoms with Crippen LogP contribution in [0.5, 0.6) is 5.75 Å². The summed E-state index contributed by atoms with van der Waals surface area (Å²) in [6, 6.07) is 17.2. The van der Waals surface area contributed by atoms with Crippen molar-refractivity contribution < 1.29 is 19.1 Å². The number of anilines is 2. The van der Waals surface area contributed by atoms with Crippen LogP contribution < -0.4 is 15.0 Å². The molecular weight excluding hydrogens is 516 g/mol. The summed E-state index contributed by atoms with van der Waals surface area (Å²) in [5.41, 5.74) is 0.683. The Balaban J connectivity index is 1.08. The van der Waals surface area contributed by atoms with E-state index < -0.39 is 5.54 Å². The van der Waals surface area contributed by atoms with Crippen LogP contribution in [-0.4, -0.2) is 66.5 Å². The summed E-state index contributed by atoms with van der Waals surface area (Å²) in [4.78, 5) is 47.2. The first-order valence-electron chi connectivity index (χ1n) is 15.2. The predicted octanol–water partition coefficient (Wildman–Crippen LogP) is 4.52. The van der Waals surface area contributed by atoms with E-state index in [1.807, 2.05) is 42.5 Å². The van der Waals surface area contributed by atoms with Gasteiger partial charge in [0.2, 0.25) is 11.8 Å². The van der Waals surface area contributed by atoms with Gasteiger partial charge in [0.05, 0.1) is 19.2 Å². The van der Waals surface area contributed by atoms with Gasteiger partial charge in [-0.3, -0.25) is 14.4 Å². The molecule has 3 amide bonds. The first kappa shape index (κ1) is 26.4. The molecule has 8 nitrogen and oxygen atoms in total. The topological polar surface area (TPSA) is 82.2 Å². The zero-order chi connectivity index (χ0) is 28.2. The van der Waals surface area contributed by atoms with Crippen molar-refractivity contribution in [3.05, 3.63) is 54.6 Å². The van der Waals surface area contributed by atoms with Crippen molar-refractivity contribution in [3.8, 4) is 5.75 Å². The predicted molar refractivity (Wildman–Crippen MR) is 156 cm³/mol. The minimum Gasteiger partial charge on any atom is -0.497 e. The number of nitrogens with zero attached hydrogens (tertiary/aromatic N) is 3. The molecule has 0 atom stereocenters. The number of hydrogen-bond donors (Lipinski definition) is 1. The zero-order valence-corrected chi connectivity index (χ0v) is 23.9. The Morgan fingerprint density at radius 3 is 2.22 bits per heavy atom. The Hall–Kier alpha value is -3.55. The molecule has 2 aliphatic heterocycles. The van der Waals surface area contributed by atoms with Crippen molar-refractivity contribution in [2.45, 2.75) is 56.9 Å². The lowest BCUT2D eigenvalue weighted by Crippen LogP contribution is -2.61. The fourth-order valence-corrected chi connectivity index (χ4v) is 9.18. The van der Waals surface area contributed by atoms with Crippen molar-refractivity contribution in [1.82, 2.24) is 9.80 Å². The maximum Gasteiger partial charge on any atom is 0.250 e. The van der Waals surface area contributed by atoms with Crippen LogP contribution in [0, 0.1) is 23.2 Å². The lowest BCUT2D eigenvalue weighted by molar-refractivity contribution is -0.160. The van der Waals surface area contributed by atoms with Gasteiger partial charge in [-0.05, 0) is 93.4 Å². The van der Waals surface area contributed by atoms with Crippen molar-refractivity contribution in [2.24, 2.45) is 23.2 Å². The summed E-state index contributed by atoms with van der Waals surface area (Å²) in [5, 5.41) is 2.91. The number of ether oxygens (including phenoxy) is 1. The molecule has 41 heavy (non-hydrogen) atoms. The van der Waals surface area contributed by atoms with Gasteiger partial charge in [-0.25, -0.2) is 0 Å². The summed E-state index contributed by atoms with van der Waals surface area (Å²) < 4.78 is 5.27. The average Bonchev–Trinajstić information content (AvgIpc) is 3.23. The second-order valence-corrected chi connectivity index (χ2v) is 13.2. The quantitative estimate of drug-likeness (QED) is 0.566. The van der Waals surface area contributed by atoms with E-state index in [1.165, 1.54) is 19.3 Å². The van der Waals surface area contributed by atoms with E-state index in [4.69, 9.17) is 4.74 Å². The van der Waals surface area contributed by atoms with Crippen LogP contribution in [0.15, 0.2) is 54.6 Å². The Labute approximate surface area is 242 Å². The van der Waals surface area contributed by atoms with E-state index >= 15 is 0 Å². The van der Waals surface area contributed by atoms with Crippen LogP contribution in [0.2, 0.25) is 0 Å². The fourth-order valence-electron chi connectivity index (χ4n) is 9.18. The second-order valence-electron chi connectivity index (χ2n) is 13.2. The van der Waals surface area contributed by atoms with E-state index in [1.54, 1.807) is 24.1 Å². The number of nitrogens with one attached hydrogen (secondary N) is 1. The number of carbonyl (C=O) groups excluding carboxylic acids is 3. The second kappa shape index (κ2) is 10.1. The number of methoxy groups -OCH3 is 1. The standard InChI is InChI=1S/C33H40N4O4/c1-41-28-9-5-6-26(17-28)34-29(38)21-36-22-37(27-7-3-2-4-8-27)33(31(36)40)10-12-35(13-11-33)30(39)32-18-23-14-24(19-32)16-25(15-23)20-32/h2-9,17,23-25H,10-16,18-22H2,1H3,(H,34,38). The van der Waals surface area contributed by atoms with Crippen molar-refractivity contribution >= 4 is 29.1 Å². The minimum atomic E-state index is -0.754. The van der Waals surface area contributed by atoms with Gasteiger partial charge in [0.25, 0.3) is 5.91 Å². The average molecular weight is 557 g/mol. The maximum absolute atomic E-state index is 14.1. The highest BCUT2D eigenvalue weighted by Crippen LogP contribution is 2.60. The Bertz CT molecular complexity index is 1300. The van der Waals surface area contributed by atoms with Crippen LogP contribution in [0.1, 0.15) is 51.4 Å². The summed E-state index contributed by atoms with van der Waals surface area (Å²) in [5.74, 6) is 2.91. The molecule has 2 saturated heterocycles. The SMILES string of the molecule is COc1cccc(NC(=O)CN2CN(c3ccccc3)C3(CCN(C(=O)C45CC6CC(CC(C6)C4)C5)CC3)C2=O)c1. The van der Waals surface area contributed by atoms with E-state index in [2.05, 4.69) is 15.1 Å². The molecule has 4 aliphatic carbocycles. The van der Waals surface area contributed by atoms with Gasteiger partial charge in [-0.15, -0.1) is 0 Å². The monoisotopic (exact) mass is 556 g/mol. The Morgan fingerprint density at radius 2 is 1.59 bits per heavy atom. The van der Waals surface area contributed by atoms with Crippen LogP contribution in [0.3, 0.4) is 0 Å². The van der Waals surface area contributed by atoms with Crippen LogP contribution in [-0.2, 0) is 14.4 Å². The number of rotatable bonds is 6. The first-order chi connectivity index (χ1) is 19.9. The molecule has 8 rings (SSSR count). The third kappa shape index (κ3) is 4.56. The van der Waals surface area contributed by atoms with Gasteiger partial charge >= 0.3 is 0 Å². The van der Waals surface area contributed by atoms with Crippen LogP contribution >= 0.6 is 0 Å². The lowest BCUT2D eigenvalue weighted by Gasteiger charge is -2.57. The van der Waals surface area contributed by atoms with Gasteiger partial charge in [0, 0.05) is 30.5 Å². The molecule has 216 valence electrons. The van der Waals surface area contributed by atoms with E-state index in [9.17, 15) is 14.4 Å². The molecule has 8 heteroatoms. The number of amides is 3. The van der Waals surface area contributed by atoms with Gasteiger partial charge < -0.3 is 24.8 Å². The van der Waals surface area contributed by atoms with Gasteiger partial charge in [0.1, 0.15) is 17.8 Å². The maximum atomic E-state index is 14.1. The highest BCUT2D eigenvalue weighted by molar-refractivity contribution is 5.99. The van der Waals surface area contributed by atoms with E-state index in [0.29, 0.717) is 49.9 Å². The number of likely N-dealkylation sites (tertiary alicyclic amines) is 1. The highest BCUT2D eigenvalue weighted by Gasteiger charge is 2.58. The normalized spacial score (nSPS) is 29.7. The number of benzene rings is 2. The van der Waals surface area contributed by atoms with Crippen molar-refractivity contribution in [2.75, 3.05) is 43.6 Å². The molecule has 0 aromatic heterocycles. The van der Waals surface area contributed by atoms with Gasteiger partial charge in [0.15, 0.2) is 0 Å². The molecule has 6 aliphatic rings. The minimum absolute atomic E-state index is 0.0240. The van der Waals surface area contributed by atoms with Gasteiger partial charge in [-0.2, -0.15) is 0 Å². The summed E-state index contributed by atoms with van der Waals surface area (Å²) in [7, 11) is 1.59. The zero-order valence-electron chi connectivity index (χ0n) is 23.9. The van der Waals surface area contributed by atoms with E-state index in [-0.39, 0.29) is 23.8 Å². The molecule has 0 unspecified atom stereocenters. The molecule has 2 aromatic rings. The fraction of sp³-hybridized carbons (Fsp3) is 0.545. The summed E-state index contributed by atoms with van der Waals surface area (Å²) >= 11 is 0. The molecule has 0 radical (unpaired) electrons. The summed E-state index contributed by atoms with van der Waals surface area (Å²) in [6.45, 7) is 1.48. The number of hydrogen-bond acceptors (Lipinski definition) is 5. The largest absolute Gasteiger partial charge is 0.497 e. The van der Waals surface area contributed by atoms with Crippen LogP contribution in [0.25, 0.3) is 0 Å². The molecular formula is C33H40N4O4. The Morgan fingerprint density at radius 1 is 0.927 bits per heavy atom. The molecule has 4 bridgehead atoms. The van der Waals surface area contributed by atoms with E-state index in [0.717, 1.165) is 42.7 Å². The van der Waals surface area contributed by atoms with Crippen LogP contribution in [0.4, 0.5) is 11.4 Å². The summed E-state index contributed by atoms with van der Waals surface area (Å²) in [6.07, 6.45) is 8.28. The third-order valence-electron chi connectivity index (χ3n) is 10.6. The number of piperidine rings is 1. The molecule has 6 fully saturated rings.